The lowest BCUT2D eigenvalue weighted by Gasteiger charge is -2.07. The molecule has 2 nitrogen and oxygen atoms in total. The van der Waals surface area contributed by atoms with Crippen molar-refractivity contribution in [3.05, 3.63) is 60.7 Å². The zero-order valence-electron chi connectivity index (χ0n) is 30.1. The van der Waals surface area contributed by atoms with E-state index in [2.05, 4.69) is 37.8 Å². The molecule has 0 fully saturated rings. The molecule has 2 rings (SSSR count). The van der Waals surface area contributed by atoms with E-state index in [0.29, 0.717) is 0 Å². The molecule has 0 saturated carbocycles. The van der Waals surface area contributed by atoms with Crippen LogP contribution in [-0.2, 0) is 0 Å². The summed E-state index contributed by atoms with van der Waals surface area (Å²) in [4.78, 5) is 9.99. The molecule has 0 atom stereocenters. The lowest BCUT2D eigenvalue weighted by atomic mass is 10.0. The van der Waals surface area contributed by atoms with Crippen LogP contribution >= 0.6 is 0 Å². The third kappa shape index (κ3) is 22.0. The van der Waals surface area contributed by atoms with Gasteiger partial charge in [-0.05, 0) is 49.4 Å². The number of aliphatic imine (C=N–C) groups is 2. The third-order valence-corrected chi connectivity index (χ3v) is 8.92. The van der Waals surface area contributed by atoms with E-state index in [4.69, 9.17) is 9.98 Å². The van der Waals surface area contributed by atoms with Crippen LogP contribution in [0.2, 0.25) is 0 Å². The normalized spacial score (nSPS) is 11.9. The number of rotatable bonds is 28. The maximum atomic E-state index is 5.02. The van der Waals surface area contributed by atoms with Crippen LogP contribution in [0, 0.1) is 11.8 Å². The van der Waals surface area contributed by atoms with Gasteiger partial charge in [0.1, 0.15) is 5.71 Å². The summed E-state index contributed by atoms with van der Waals surface area (Å²) in [7, 11) is 0. The molecule has 2 heteroatoms. The second kappa shape index (κ2) is 29.7. The highest BCUT2D eigenvalue weighted by Gasteiger charge is 2.08. The minimum absolute atomic E-state index is 0.828. The Morgan fingerprint density at radius 3 is 1.24 bits per heavy atom. The minimum atomic E-state index is 0.828. The van der Waals surface area contributed by atoms with Crippen LogP contribution in [0.3, 0.4) is 0 Å². The van der Waals surface area contributed by atoms with Crippen LogP contribution in [0.15, 0.2) is 70.6 Å². The average molecular weight is 625 g/mol. The van der Waals surface area contributed by atoms with Crippen LogP contribution < -0.4 is 0 Å². The predicted octanol–water partition coefficient (Wildman–Crippen LogP) is 14.7. The molecule has 0 aliphatic heterocycles. The van der Waals surface area contributed by atoms with Crippen molar-refractivity contribution in [2.75, 3.05) is 0 Å². The van der Waals surface area contributed by atoms with E-state index in [1.165, 1.54) is 148 Å². The monoisotopic (exact) mass is 625 g/mol. The van der Waals surface area contributed by atoms with Gasteiger partial charge in [-0.25, -0.2) is 4.99 Å². The molecule has 0 unspecified atom stereocenters. The Kier molecular flexibility index (Phi) is 25.5. The van der Waals surface area contributed by atoms with Gasteiger partial charge in [0.25, 0.3) is 0 Å². The number of hydrogen-bond acceptors (Lipinski definition) is 2. The highest BCUT2D eigenvalue weighted by molar-refractivity contribution is 6.49. The Hall–Kier alpha value is -2.66. The first-order valence-corrected chi connectivity index (χ1v) is 19.6. The fourth-order valence-corrected chi connectivity index (χ4v) is 6.02. The Balaban J connectivity index is 1.59. The van der Waals surface area contributed by atoms with Crippen LogP contribution in [0.1, 0.15) is 181 Å². The highest BCUT2D eigenvalue weighted by atomic mass is 14.8. The number of para-hydroxylation sites is 2. The molecule has 2 aromatic rings. The van der Waals surface area contributed by atoms with Crippen molar-refractivity contribution < 1.29 is 0 Å². The first-order chi connectivity index (χ1) is 22.8. The van der Waals surface area contributed by atoms with Gasteiger partial charge in [0.2, 0.25) is 0 Å². The van der Waals surface area contributed by atoms with E-state index in [9.17, 15) is 0 Å². The summed E-state index contributed by atoms with van der Waals surface area (Å²) >= 11 is 0. The van der Waals surface area contributed by atoms with Crippen LogP contribution in [0.25, 0.3) is 0 Å². The van der Waals surface area contributed by atoms with E-state index >= 15 is 0 Å². The van der Waals surface area contributed by atoms with Gasteiger partial charge in [-0.1, -0.05) is 197 Å². The van der Waals surface area contributed by atoms with Gasteiger partial charge in [0.15, 0.2) is 0 Å². The molecule has 0 aliphatic rings. The number of hydrogen-bond donors (Lipinski definition) is 0. The molecule has 0 aliphatic carbocycles. The number of benzene rings is 2. The van der Waals surface area contributed by atoms with Gasteiger partial charge in [0, 0.05) is 6.42 Å². The summed E-state index contributed by atoms with van der Waals surface area (Å²) < 4.78 is 0. The van der Waals surface area contributed by atoms with E-state index in [0.717, 1.165) is 42.1 Å². The topological polar surface area (TPSA) is 24.7 Å². The van der Waals surface area contributed by atoms with Gasteiger partial charge in [-0.15, -0.1) is 0 Å². The molecule has 0 saturated heterocycles. The van der Waals surface area contributed by atoms with Crippen molar-refractivity contribution in [1.82, 2.24) is 0 Å². The summed E-state index contributed by atoms with van der Waals surface area (Å²) in [5.74, 6) is 6.91. The maximum Gasteiger partial charge on any atom is 0.135 e. The first-order valence-electron chi connectivity index (χ1n) is 19.6. The maximum absolute atomic E-state index is 5.02. The van der Waals surface area contributed by atoms with E-state index in [1.54, 1.807) is 0 Å². The molecule has 2 aromatic carbocycles. The van der Waals surface area contributed by atoms with Crippen molar-refractivity contribution in [2.24, 2.45) is 9.98 Å². The Bertz CT molecular complexity index is 1070. The van der Waals surface area contributed by atoms with E-state index in [-0.39, 0.29) is 0 Å². The van der Waals surface area contributed by atoms with Crippen molar-refractivity contribution in [3.63, 3.8) is 0 Å². The van der Waals surface area contributed by atoms with Crippen molar-refractivity contribution in [2.45, 2.75) is 181 Å². The zero-order chi connectivity index (χ0) is 32.6. The van der Waals surface area contributed by atoms with Gasteiger partial charge in [-0.2, -0.15) is 0 Å². The number of nitrogens with zero attached hydrogens (tertiary/aromatic N) is 2. The van der Waals surface area contributed by atoms with Crippen LogP contribution in [0.4, 0.5) is 11.4 Å². The average Bonchev–Trinajstić information content (AvgIpc) is 3.08. The Labute approximate surface area is 285 Å². The van der Waals surface area contributed by atoms with E-state index in [1.807, 2.05) is 48.5 Å². The summed E-state index contributed by atoms with van der Waals surface area (Å²) in [6, 6.07) is 20.5. The zero-order valence-corrected chi connectivity index (χ0v) is 30.1. The van der Waals surface area contributed by atoms with Crippen molar-refractivity contribution in [1.29, 1.82) is 0 Å². The molecular formula is C44H68N2. The largest absolute Gasteiger partial charge is 0.251 e. The molecule has 0 bridgehead atoms. The first kappa shape index (κ1) is 39.5. The van der Waals surface area contributed by atoms with Crippen LogP contribution in [-0.4, -0.2) is 11.4 Å². The fraction of sp³-hybridized carbons (Fsp3) is 0.636. The van der Waals surface area contributed by atoms with Crippen LogP contribution in [0.5, 0.6) is 0 Å². The lowest BCUT2D eigenvalue weighted by Crippen LogP contribution is -2.12. The smallest absolute Gasteiger partial charge is 0.135 e. The molecule has 0 heterocycles. The van der Waals surface area contributed by atoms with E-state index < -0.39 is 0 Å². The molecule has 0 amide bonds. The summed E-state index contributed by atoms with van der Waals surface area (Å²) in [5.41, 5.74) is 3.75. The number of unbranched alkanes of at least 4 members (excludes halogenated alkanes) is 23. The van der Waals surface area contributed by atoms with Crippen molar-refractivity contribution >= 4 is 22.8 Å². The lowest BCUT2D eigenvalue weighted by molar-refractivity contribution is 0.520. The predicted molar refractivity (Wildman–Crippen MR) is 206 cm³/mol. The molecular weight excluding hydrogens is 556 g/mol. The molecule has 0 aromatic heterocycles. The fourth-order valence-electron chi connectivity index (χ4n) is 6.02. The van der Waals surface area contributed by atoms with Gasteiger partial charge >= 0.3 is 0 Å². The van der Waals surface area contributed by atoms with Gasteiger partial charge < -0.3 is 0 Å². The quantitative estimate of drug-likeness (QED) is 0.0511. The molecule has 0 N–H and O–H groups in total. The highest BCUT2D eigenvalue weighted by Crippen LogP contribution is 2.18. The standard InChI is InChI=1S/C44H68N2/c1-3-5-7-8-9-10-11-12-13-14-15-16-17-18-19-20-21-22-23-24-25-26-34-40-44(46-42-37-32-28-33-38-42)43(39-29-6-4-2)45-41-35-30-27-31-36-41/h27-28,30-33,35-38H,3-26,29,39H2,1-2H3. The molecule has 0 radical (unpaired) electrons. The van der Waals surface area contributed by atoms with Gasteiger partial charge in [0.05, 0.1) is 17.1 Å². The summed E-state index contributed by atoms with van der Waals surface area (Å²) in [6.45, 7) is 4.54. The van der Waals surface area contributed by atoms with Crippen molar-refractivity contribution in [3.8, 4) is 11.8 Å². The minimum Gasteiger partial charge on any atom is -0.251 e. The molecule has 0 spiro atoms. The summed E-state index contributed by atoms with van der Waals surface area (Å²) in [5, 5.41) is 0. The Morgan fingerprint density at radius 1 is 0.435 bits per heavy atom. The third-order valence-electron chi connectivity index (χ3n) is 8.92. The SMILES string of the molecule is CCCCCCCCCCCCCCCCCCCCCCCC#CC(=Nc1ccccc1)C(CCCCC)=Nc1ccccc1. The van der Waals surface area contributed by atoms with Gasteiger partial charge in [-0.3, -0.25) is 4.99 Å². The Morgan fingerprint density at radius 2 is 0.804 bits per heavy atom. The second-order valence-electron chi connectivity index (χ2n) is 13.3. The molecule has 254 valence electrons. The summed E-state index contributed by atoms with van der Waals surface area (Å²) in [6.07, 6.45) is 35.0. The molecule has 46 heavy (non-hydrogen) atoms. The second-order valence-corrected chi connectivity index (χ2v) is 13.3.